The summed E-state index contributed by atoms with van der Waals surface area (Å²) in [4.78, 5) is 4.39. The van der Waals surface area contributed by atoms with Crippen LogP contribution in [0, 0.1) is 6.92 Å². The van der Waals surface area contributed by atoms with E-state index in [1.54, 1.807) is 6.08 Å². The molecule has 90 valence electrons. The van der Waals surface area contributed by atoms with E-state index >= 15 is 0 Å². The van der Waals surface area contributed by atoms with Crippen LogP contribution in [0.5, 0.6) is 5.75 Å². The third-order valence-corrected chi connectivity index (χ3v) is 1.77. The molecule has 1 rings (SSSR count). The fourth-order valence-corrected chi connectivity index (χ4v) is 1.17. The molecule has 1 heterocycles. The molecule has 0 fully saturated rings. The molecule has 0 amide bonds. The molecule has 3 heteroatoms. The zero-order chi connectivity index (χ0) is 12.4. The van der Waals surface area contributed by atoms with Gasteiger partial charge in [-0.2, -0.15) is 0 Å². The predicted octanol–water partition coefficient (Wildman–Crippen LogP) is 2.70. The van der Waals surface area contributed by atoms with Gasteiger partial charge in [0, 0.05) is 12.2 Å². The van der Waals surface area contributed by atoms with Crippen molar-refractivity contribution in [3.05, 3.63) is 36.2 Å². The number of nitrogens with one attached hydrogen (secondary N) is 1. The summed E-state index contributed by atoms with van der Waals surface area (Å²) in [6.07, 6.45) is 1.73. The predicted molar refractivity (Wildman–Crippen MR) is 68.8 cm³/mol. The van der Waals surface area contributed by atoms with Gasteiger partial charge in [0.2, 0.25) is 0 Å². The van der Waals surface area contributed by atoms with E-state index in [0.717, 1.165) is 17.1 Å². The van der Waals surface area contributed by atoms with Crippen LogP contribution in [0.4, 0.5) is 0 Å². The molecule has 1 aromatic heterocycles. The molecule has 0 spiro atoms. The Labute approximate surface area is 98.6 Å². The molecular formula is C13H22N2O. The summed E-state index contributed by atoms with van der Waals surface area (Å²) in [7, 11) is 1.89. The van der Waals surface area contributed by atoms with Crippen LogP contribution in [-0.4, -0.2) is 18.6 Å². The molecular weight excluding hydrogens is 200 g/mol. The Morgan fingerprint density at radius 3 is 2.69 bits per heavy atom. The summed E-state index contributed by atoms with van der Waals surface area (Å²) in [5.41, 5.74) is 1.94. The highest BCUT2D eigenvalue weighted by atomic mass is 16.5. The van der Waals surface area contributed by atoms with Gasteiger partial charge in [-0.15, -0.1) is 0 Å². The van der Waals surface area contributed by atoms with Gasteiger partial charge in [0.05, 0.1) is 5.69 Å². The lowest BCUT2D eigenvalue weighted by atomic mass is 10.3. The first-order valence-electron chi connectivity index (χ1n) is 5.62. The fourth-order valence-electron chi connectivity index (χ4n) is 1.17. The fraction of sp³-hybridized carbons (Fsp3) is 0.462. The van der Waals surface area contributed by atoms with E-state index in [2.05, 4.69) is 16.9 Å². The minimum Gasteiger partial charge on any atom is -0.488 e. The van der Waals surface area contributed by atoms with Crippen molar-refractivity contribution in [1.29, 1.82) is 0 Å². The second-order valence-electron chi connectivity index (χ2n) is 3.03. The van der Waals surface area contributed by atoms with Gasteiger partial charge in [-0.1, -0.05) is 26.5 Å². The first-order chi connectivity index (χ1) is 7.77. The van der Waals surface area contributed by atoms with Crippen LogP contribution in [-0.2, 0) is 6.54 Å². The zero-order valence-corrected chi connectivity index (χ0v) is 10.7. The number of hydrogen-bond acceptors (Lipinski definition) is 3. The van der Waals surface area contributed by atoms with Gasteiger partial charge in [0.25, 0.3) is 0 Å². The molecule has 0 aliphatic carbocycles. The van der Waals surface area contributed by atoms with E-state index in [1.165, 1.54) is 0 Å². The van der Waals surface area contributed by atoms with E-state index in [4.69, 9.17) is 4.74 Å². The zero-order valence-electron chi connectivity index (χ0n) is 10.7. The molecule has 0 bridgehead atoms. The van der Waals surface area contributed by atoms with Crippen LogP contribution in [0.25, 0.3) is 0 Å². The Kier molecular flexibility index (Phi) is 8.17. The molecule has 0 atom stereocenters. The summed E-state index contributed by atoms with van der Waals surface area (Å²) in [5.74, 6) is 0.824. The van der Waals surface area contributed by atoms with Gasteiger partial charge >= 0.3 is 0 Å². The van der Waals surface area contributed by atoms with E-state index < -0.39 is 0 Å². The second-order valence-corrected chi connectivity index (χ2v) is 3.03. The maximum Gasteiger partial charge on any atom is 0.142 e. The number of hydrogen-bond donors (Lipinski definition) is 1. The Hall–Kier alpha value is -1.35. The number of nitrogens with zero attached hydrogens (tertiary/aromatic N) is 1. The molecule has 0 unspecified atom stereocenters. The highest BCUT2D eigenvalue weighted by molar-refractivity contribution is 5.29. The Bertz CT molecular complexity index is 311. The van der Waals surface area contributed by atoms with Gasteiger partial charge in [0.15, 0.2) is 0 Å². The van der Waals surface area contributed by atoms with Crippen molar-refractivity contribution >= 4 is 0 Å². The second kappa shape index (κ2) is 8.92. The summed E-state index contributed by atoms with van der Waals surface area (Å²) in [6.45, 7) is 10.8. The van der Waals surface area contributed by atoms with Crippen LogP contribution in [0.3, 0.4) is 0 Å². The maximum atomic E-state index is 5.47. The van der Waals surface area contributed by atoms with Gasteiger partial charge in [-0.3, -0.25) is 4.98 Å². The summed E-state index contributed by atoms with van der Waals surface area (Å²) in [5, 5.41) is 3.06. The van der Waals surface area contributed by atoms with Gasteiger partial charge in [0.1, 0.15) is 12.4 Å². The third-order valence-electron chi connectivity index (χ3n) is 1.77. The molecule has 3 nitrogen and oxygen atoms in total. The van der Waals surface area contributed by atoms with Crippen molar-refractivity contribution in [1.82, 2.24) is 10.3 Å². The Balaban J connectivity index is 0.00000106. The molecule has 0 aliphatic heterocycles. The van der Waals surface area contributed by atoms with Gasteiger partial charge < -0.3 is 10.1 Å². The lowest BCUT2D eigenvalue weighted by Gasteiger charge is -2.09. The Morgan fingerprint density at radius 1 is 1.44 bits per heavy atom. The van der Waals surface area contributed by atoms with E-state index in [0.29, 0.717) is 13.2 Å². The number of aryl methyl sites for hydroxylation is 1. The molecule has 0 aliphatic rings. The largest absolute Gasteiger partial charge is 0.488 e. The minimum absolute atomic E-state index is 0.515. The first-order valence-corrected chi connectivity index (χ1v) is 5.62. The van der Waals surface area contributed by atoms with E-state index in [1.807, 2.05) is 40.0 Å². The quantitative estimate of drug-likeness (QED) is 0.778. The van der Waals surface area contributed by atoms with Crippen molar-refractivity contribution < 1.29 is 4.74 Å². The smallest absolute Gasteiger partial charge is 0.142 e. The minimum atomic E-state index is 0.515. The van der Waals surface area contributed by atoms with Crippen molar-refractivity contribution in [3.63, 3.8) is 0 Å². The SMILES string of the molecule is C=CCOc1ccc(C)nc1CNC.CC. The van der Waals surface area contributed by atoms with Crippen molar-refractivity contribution in [3.8, 4) is 5.75 Å². The summed E-state index contributed by atoms with van der Waals surface area (Å²) in [6, 6.07) is 3.89. The maximum absolute atomic E-state index is 5.47. The van der Waals surface area contributed by atoms with Crippen molar-refractivity contribution in [2.45, 2.75) is 27.3 Å². The lowest BCUT2D eigenvalue weighted by molar-refractivity contribution is 0.355. The number of ether oxygens (including phenoxy) is 1. The number of rotatable bonds is 5. The van der Waals surface area contributed by atoms with E-state index in [9.17, 15) is 0 Å². The van der Waals surface area contributed by atoms with Crippen LogP contribution in [0.15, 0.2) is 24.8 Å². The molecule has 16 heavy (non-hydrogen) atoms. The van der Waals surface area contributed by atoms with Gasteiger partial charge in [-0.25, -0.2) is 0 Å². The van der Waals surface area contributed by atoms with Crippen molar-refractivity contribution in [2.75, 3.05) is 13.7 Å². The summed E-state index contributed by atoms with van der Waals surface area (Å²) < 4.78 is 5.47. The average molecular weight is 222 g/mol. The standard InChI is InChI=1S/C11H16N2O.C2H6/c1-4-7-14-11-6-5-9(2)13-10(11)8-12-3;1-2/h4-6,12H,1,7-8H2,2-3H3;1-2H3. The number of pyridine rings is 1. The Morgan fingerprint density at radius 2 is 2.12 bits per heavy atom. The van der Waals surface area contributed by atoms with Crippen LogP contribution in [0.1, 0.15) is 25.2 Å². The molecule has 0 aromatic carbocycles. The molecule has 0 saturated heterocycles. The molecule has 1 N–H and O–H groups in total. The molecule has 0 radical (unpaired) electrons. The summed E-state index contributed by atoms with van der Waals surface area (Å²) >= 11 is 0. The third kappa shape index (κ3) is 4.94. The van der Waals surface area contributed by atoms with E-state index in [-0.39, 0.29) is 0 Å². The number of aromatic nitrogens is 1. The van der Waals surface area contributed by atoms with Crippen molar-refractivity contribution in [2.24, 2.45) is 0 Å². The molecule has 1 aromatic rings. The topological polar surface area (TPSA) is 34.1 Å². The van der Waals surface area contributed by atoms with Crippen LogP contribution in [0.2, 0.25) is 0 Å². The highest BCUT2D eigenvalue weighted by Crippen LogP contribution is 2.16. The van der Waals surface area contributed by atoms with Crippen LogP contribution < -0.4 is 10.1 Å². The monoisotopic (exact) mass is 222 g/mol. The molecule has 0 saturated carbocycles. The average Bonchev–Trinajstić information content (AvgIpc) is 2.31. The van der Waals surface area contributed by atoms with Crippen LogP contribution >= 0.6 is 0 Å². The highest BCUT2D eigenvalue weighted by Gasteiger charge is 2.03. The lowest BCUT2D eigenvalue weighted by Crippen LogP contribution is -2.10. The first kappa shape index (κ1) is 14.6. The normalized spacial score (nSPS) is 9.00. The van der Waals surface area contributed by atoms with Gasteiger partial charge in [-0.05, 0) is 26.1 Å².